The molecule has 0 aromatic heterocycles. The average molecular weight is 185 g/mol. The number of carboxylic acids is 1. The Morgan fingerprint density at radius 3 is 2.31 bits per heavy atom. The third-order valence-corrected chi connectivity index (χ3v) is 2.50. The van der Waals surface area contributed by atoms with E-state index in [1.54, 1.807) is 0 Å². The van der Waals surface area contributed by atoms with Gasteiger partial charge in [-0.05, 0) is 18.8 Å². The molecule has 0 bridgehead atoms. The fraction of sp³-hybridized carbons (Fsp3) is 0.778. The minimum atomic E-state index is -0.915. The number of rotatable bonds is 3. The molecular weight excluding hydrogens is 170 g/mol. The standard InChI is InChI=1S/C9H15NO3/c1-6(11)10-8(9(12)13)7-4-2-3-5-7/h7-8H,2-5H2,1H3,(H,10,11)(H,12,13)/t8-/m0/s1. The molecule has 0 aromatic carbocycles. The number of hydrogen-bond donors (Lipinski definition) is 2. The molecule has 0 saturated heterocycles. The SMILES string of the molecule is CC(=O)N[C@H](C(=O)O)C1CCCC1. The number of carboxylic acid groups (broad SMARTS) is 1. The Bertz CT molecular complexity index is 209. The Morgan fingerprint density at radius 2 is 1.92 bits per heavy atom. The maximum atomic E-state index is 10.8. The summed E-state index contributed by atoms with van der Waals surface area (Å²) in [6, 6.07) is -0.681. The number of amides is 1. The van der Waals surface area contributed by atoms with Gasteiger partial charge in [-0.25, -0.2) is 4.79 Å². The molecule has 13 heavy (non-hydrogen) atoms. The van der Waals surface area contributed by atoms with Crippen molar-refractivity contribution in [2.24, 2.45) is 5.92 Å². The summed E-state index contributed by atoms with van der Waals surface area (Å²) in [5.41, 5.74) is 0. The van der Waals surface area contributed by atoms with E-state index in [0.717, 1.165) is 25.7 Å². The first-order chi connectivity index (χ1) is 6.11. The lowest BCUT2D eigenvalue weighted by Crippen LogP contribution is -2.44. The van der Waals surface area contributed by atoms with E-state index >= 15 is 0 Å². The highest BCUT2D eigenvalue weighted by atomic mass is 16.4. The molecule has 1 aliphatic carbocycles. The molecule has 1 amide bonds. The summed E-state index contributed by atoms with van der Waals surface area (Å²) in [5.74, 6) is -1.05. The van der Waals surface area contributed by atoms with Crippen LogP contribution in [0.25, 0.3) is 0 Å². The molecule has 4 heteroatoms. The fourth-order valence-electron chi connectivity index (χ4n) is 1.89. The number of carbonyl (C=O) groups excluding carboxylic acids is 1. The van der Waals surface area contributed by atoms with Gasteiger partial charge in [0.2, 0.25) is 5.91 Å². The maximum Gasteiger partial charge on any atom is 0.326 e. The highest BCUT2D eigenvalue weighted by molar-refractivity contribution is 5.82. The van der Waals surface area contributed by atoms with Gasteiger partial charge in [0.15, 0.2) is 0 Å². The Hall–Kier alpha value is -1.06. The van der Waals surface area contributed by atoms with E-state index in [4.69, 9.17) is 5.11 Å². The molecule has 0 heterocycles. The first-order valence-electron chi connectivity index (χ1n) is 4.61. The second-order valence-electron chi connectivity index (χ2n) is 3.56. The summed E-state index contributed by atoms with van der Waals surface area (Å²) in [5, 5.41) is 11.4. The minimum Gasteiger partial charge on any atom is -0.480 e. The van der Waals surface area contributed by atoms with E-state index in [2.05, 4.69) is 5.32 Å². The van der Waals surface area contributed by atoms with Crippen LogP contribution in [-0.2, 0) is 9.59 Å². The van der Waals surface area contributed by atoms with Crippen molar-refractivity contribution in [1.82, 2.24) is 5.32 Å². The predicted octanol–water partition coefficient (Wildman–Crippen LogP) is 0.766. The van der Waals surface area contributed by atoms with Crippen LogP contribution < -0.4 is 5.32 Å². The number of nitrogens with one attached hydrogen (secondary N) is 1. The Labute approximate surface area is 77.3 Å². The zero-order chi connectivity index (χ0) is 9.84. The third-order valence-electron chi connectivity index (χ3n) is 2.50. The van der Waals surface area contributed by atoms with E-state index in [1.807, 2.05) is 0 Å². The van der Waals surface area contributed by atoms with Crippen LogP contribution >= 0.6 is 0 Å². The largest absolute Gasteiger partial charge is 0.480 e. The molecule has 1 atom stereocenters. The summed E-state index contributed by atoms with van der Waals surface area (Å²) < 4.78 is 0. The van der Waals surface area contributed by atoms with E-state index in [0.29, 0.717) is 0 Å². The molecular formula is C9H15NO3. The lowest BCUT2D eigenvalue weighted by molar-refractivity contribution is -0.143. The van der Waals surface area contributed by atoms with Crippen LogP contribution in [0.5, 0.6) is 0 Å². The summed E-state index contributed by atoms with van der Waals surface area (Å²) in [7, 11) is 0. The van der Waals surface area contributed by atoms with Gasteiger partial charge in [0, 0.05) is 6.92 Å². The lowest BCUT2D eigenvalue weighted by Gasteiger charge is -2.19. The Balaban J connectivity index is 2.55. The molecule has 74 valence electrons. The molecule has 1 rings (SSSR count). The summed E-state index contributed by atoms with van der Waals surface area (Å²) in [4.78, 5) is 21.5. The van der Waals surface area contributed by atoms with E-state index in [1.165, 1.54) is 6.92 Å². The smallest absolute Gasteiger partial charge is 0.326 e. The van der Waals surface area contributed by atoms with Crippen LogP contribution in [0.1, 0.15) is 32.6 Å². The van der Waals surface area contributed by atoms with Crippen LogP contribution in [0.15, 0.2) is 0 Å². The number of carbonyl (C=O) groups is 2. The summed E-state index contributed by atoms with van der Waals surface area (Å²) in [6.07, 6.45) is 3.98. The van der Waals surface area contributed by atoms with Crippen molar-refractivity contribution < 1.29 is 14.7 Å². The van der Waals surface area contributed by atoms with Gasteiger partial charge < -0.3 is 10.4 Å². The summed E-state index contributed by atoms with van der Waals surface area (Å²) in [6.45, 7) is 1.35. The van der Waals surface area contributed by atoms with Crippen LogP contribution in [0.3, 0.4) is 0 Å². The molecule has 0 aromatic rings. The monoisotopic (exact) mass is 185 g/mol. The molecule has 1 fully saturated rings. The van der Waals surface area contributed by atoms with Crippen molar-refractivity contribution in [3.8, 4) is 0 Å². The second-order valence-corrected chi connectivity index (χ2v) is 3.56. The van der Waals surface area contributed by atoms with Gasteiger partial charge in [-0.3, -0.25) is 4.79 Å². The predicted molar refractivity (Wildman–Crippen MR) is 47.2 cm³/mol. The van der Waals surface area contributed by atoms with Gasteiger partial charge in [0.1, 0.15) is 6.04 Å². The Morgan fingerprint density at radius 1 is 1.38 bits per heavy atom. The topological polar surface area (TPSA) is 66.4 Å². The van der Waals surface area contributed by atoms with Crippen molar-refractivity contribution in [2.75, 3.05) is 0 Å². The third kappa shape index (κ3) is 2.72. The average Bonchev–Trinajstić information content (AvgIpc) is 2.50. The van der Waals surface area contributed by atoms with Crippen molar-refractivity contribution >= 4 is 11.9 Å². The van der Waals surface area contributed by atoms with Crippen LogP contribution in [-0.4, -0.2) is 23.0 Å². The lowest BCUT2D eigenvalue weighted by atomic mass is 9.98. The maximum absolute atomic E-state index is 10.8. The van der Waals surface area contributed by atoms with Crippen molar-refractivity contribution in [1.29, 1.82) is 0 Å². The van der Waals surface area contributed by atoms with Gasteiger partial charge in [-0.1, -0.05) is 12.8 Å². The minimum absolute atomic E-state index is 0.126. The first-order valence-corrected chi connectivity index (χ1v) is 4.61. The summed E-state index contributed by atoms with van der Waals surface area (Å²) >= 11 is 0. The van der Waals surface area contributed by atoms with E-state index < -0.39 is 12.0 Å². The first kappa shape index (κ1) is 10.0. The van der Waals surface area contributed by atoms with Crippen molar-refractivity contribution in [3.63, 3.8) is 0 Å². The van der Waals surface area contributed by atoms with Crippen LogP contribution in [0.2, 0.25) is 0 Å². The number of hydrogen-bond acceptors (Lipinski definition) is 2. The normalized spacial score (nSPS) is 19.8. The molecule has 2 N–H and O–H groups in total. The molecule has 0 spiro atoms. The van der Waals surface area contributed by atoms with Crippen LogP contribution in [0.4, 0.5) is 0 Å². The zero-order valence-corrected chi connectivity index (χ0v) is 7.75. The highest BCUT2D eigenvalue weighted by Gasteiger charge is 2.30. The molecule has 4 nitrogen and oxygen atoms in total. The van der Waals surface area contributed by atoms with E-state index in [-0.39, 0.29) is 11.8 Å². The zero-order valence-electron chi connectivity index (χ0n) is 7.75. The van der Waals surface area contributed by atoms with E-state index in [9.17, 15) is 9.59 Å². The quantitative estimate of drug-likeness (QED) is 0.682. The van der Waals surface area contributed by atoms with Gasteiger partial charge in [0.25, 0.3) is 0 Å². The van der Waals surface area contributed by atoms with Gasteiger partial charge in [-0.2, -0.15) is 0 Å². The molecule has 1 aliphatic rings. The van der Waals surface area contributed by atoms with Gasteiger partial charge in [0.05, 0.1) is 0 Å². The molecule has 0 unspecified atom stereocenters. The fourth-order valence-corrected chi connectivity index (χ4v) is 1.89. The highest BCUT2D eigenvalue weighted by Crippen LogP contribution is 2.27. The molecule has 0 aliphatic heterocycles. The van der Waals surface area contributed by atoms with Crippen molar-refractivity contribution in [2.45, 2.75) is 38.6 Å². The van der Waals surface area contributed by atoms with Gasteiger partial charge >= 0.3 is 5.97 Å². The van der Waals surface area contributed by atoms with Crippen LogP contribution in [0, 0.1) is 5.92 Å². The second kappa shape index (κ2) is 4.25. The molecule has 0 radical (unpaired) electrons. The van der Waals surface area contributed by atoms with Gasteiger partial charge in [-0.15, -0.1) is 0 Å². The molecule has 1 saturated carbocycles. The Kier molecular flexibility index (Phi) is 3.28. The van der Waals surface area contributed by atoms with Crippen molar-refractivity contribution in [3.05, 3.63) is 0 Å². The number of aliphatic carboxylic acids is 1.